The van der Waals surface area contributed by atoms with Crippen molar-refractivity contribution in [3.05, 3.63) is 34.9 Å². The van der Waals surface area contributed by atoms with E-state index in [1.165, 1.54) is 5.57 Å². The van der Waals surface area contributed by atoms with Gasteiger partial charge in [0, 0.05) is 17.4 Å². The van der Waals surface area contributed by atoms with Gasteiger partial charge in [0.15, 0.2) is 0 Å². The lowest BCUT2D eigenvalue weighted by Gasteiger charge is -2.46. The van der Waals surface area contributed by atoms with Gasteiger partial charge in [-0.15, -0.1) is 0 Å². The van der Waals surface area contributed by atoms with Crippen LogP contribution in [0, 0.1) is 5.92 Å². The first-order valence-electron chi connectivity index (χ1n) is 11.3. The molecular formula is C25H38NO4+. The standard InChI is InChI=1S/C25H38NO4/c1-8-10-18-14-21(29-24(27)28-16-26(6,7)9-2)23-19-13-17(3)11-12-20(19)25(4,5)30-22(23)15-18/h13-15,19-20H,8-12,16H2,1-7H3/q+1. The van der Waals surface area contributed by atoms with Crippen molar-refractivity contribution in [1.29, 1.82) is 0 Å². The average molecular weight is 417 g/mol. The monoisotopic (exact) mass is 416 g/mol. The van der Waals surface area contributed by atoms with Gasteiger partial charge in [-0.05, 0) is 64.7 Å². The minimum Gasteiger partial charge on any atom is -0.487 e. The van der Waals surface area contributed by atoms with Gasteiger partial charge in [0.25, 0.3) is 0 Å². The van der Waals surface area contributed by atoms with Crippen molar-refractivity contribution >= 4 is 6.16 Å². The molecule has 3 rings (SSSR count). The summed E-state index contributed by atoms with van der Waals surface area (Å²) >= 11 is 0. The summed E-state index contributed by atoms with van der Waals surface area (Å²) in [6.45, 7) is 11.9. The van der Waals surface area contributed by atoms with Crippen LogP contribution >= 0.6 is 0 Å². The maximum atomic E-state index is 12.6. The van der Waals surface area contributed by atoms with E-state index >= 15 is 0 Å². The third kappa shape index (κ3) is 4.83. The molecule has 2 atom stereocenters. The highest BCUT2D eigenvalue weighted by Crippen LogP contribution is 2.53. The van der Waals surface area contributed by atoms with Gasteiger partial charge in [-0.3, -0.25) is 4.48 Å². The van der Waals surface area contributed by atoms with Crippen molar-refractivity contribution in [3.8, 4) is 11.5 Å². The number of fused-ring (bicyclic) bond motifs is 3. The second-order valence-corrected chi connectivity index (χ2v) is 10.0. The second-order valence-electron chi connectivity index (χ2n) is 10.0. The molecule has 1 aromatic carbocycles. The number of rotatable bonds is 6. The zero-order valence-electron chi connectivity index (χ0n) is 19.7. The van der Waals surface area contributed by atoms with Crippen LogP contribution in [0.15, 0.2) is 23.8 Å². The molecule has 1 aromatic rings. The predicted molar refractivity (Wildman–Crippen MR) is 119 cm³/mol. The van der Waals surface area contributed by atoms with E-state index in [0.29, 0.717) is 16.2 Å². The molecule has 2 aliphatic rings. The Hall–Kier alpha value is -2.01. The number of hydrogen-bond acceptors (Lipinski definition) is 4. The van der Waals surface area contributed by atoms with Crippen LogP contribution in [0.25, 0.3) is 0 Å². The predicted octanol–water partition coefficient (Wildman–Crippen LogP) is 5.82. The molecule has 0 N–H and O–H groups in total. The van der Waals surface area contributed by atoms with Crippen molar-refractivity contribution in [2.45, 2.75) is 71.8 Å². The number of quaternary nitrogens is 1. The fourth-order valence-corrected chi connectivity index (χ4v) is 4.52. The molecule has 0 fully saturated rings. The van der Waals surface area contributed by atoms with Crippen molar-refractivity contribution in [2.24, 2.45) is 5.92 Å². The van der Waals surface area contributed by atoms with Crippen LogP contribution in [-0.2, 0) is 11.2 Å². The number of carbonyl (C=O) groups is 1. The first kappa shape index (κ1) is 22.7. The fourth-order valence-electron chi connectivity index (χ4n) is 4.52. The maximum absolute atomic E-state index is 12.6. The Labute approximate surface area is 181 Å². The quantitative estimate of drug-likeness (QED) is 0.193. The van der Waals surface area contributed by atoms with Gasteiger partial charge in [0.2, 0.25) is 6.73 Å². The first-order chi connectivity index (χ1) is 14.1. The van der Waals surface area contributed by atoms with Crippen molar-refractivity contribution in [2.75, 3.05) is 27.4 Å². The highest BCUT2D eigenvalue weighted by molar-refractivity contribution is 5.67. The fraction of sp³-hybridized carbons (Fsp3) is 0.640. The summed E-state index contributed by atoms with van der Waals surface area (Å²) in [5.41, 5.74) is 3.22. The van der Waals surface area contributed by atoms with Crippen LogP contribution in [0.2, 0.25) is 0 Å². The Bertz CT molecular complexity index is 825. The van der Waals surface area contributed by atoms with Gasteiger partial charge >= 0.3 is 6.16 Å². The van der Waals surface area contributed by atoms with Crippen molar-refractivity contribution in [3.63, 3.8) is 0 Å². The summed E-state index contributed by atoms with van der Waals surface area (Å²) in [7, 11) is 4.04. The van der Waals surface area contributed by atoms with Gasteiger partial charge in [0.1, 0.15) is 17.1 Å². The van der Waals surface area contributed by atoms with Crippen LogP contribution in [0.3, 0.4) is 0 Å². The summed E-state index contributed by atoms with van der Waals surface area (Å²) in [6.07, 6.45) is 5.77. The van der Waals surface area contributed by atoms with E-state index in [-0.39, 0.29) is 18.2 Å². The Morgan fingerprint density at radius 3 is 2.67 bits per heavy atom. The van der Waals surface area contributed by atoms with E-state index in [9.17, 15) is 4.79 Å². The smallest absolute Gasteiger partial charge is 0.487 e. The topological polar surface area (TPSA) is 44.8 Å². The van der Waals surface area contributed by atoms with Crippen LogP contribution in [-0.4, -0.2) is 43.6 Å². The lowest BCUT2D eigenvalue weighted by molar-refractivity contribution is -0.905. The second kappa shape index (κ2) is 8.62. The van der Waals surface area contributed by atoms with E-state index < -0.39 is 6.16 Å². The molecule has 30 heavy (non-hydrogen) atoms. The molecular weight excluding hydrogens is 378 g/mol. The van der Waals surface area contributed by atoms with Gasteiger partial charge in [-0.2, -0.15) is 0 Å². The van der Waals surface area contributed by atoms with E-state index in [1.54, 1.807) is 0 Å². The molecule has 0 radical (unpaired) electrons. The van der Waals surface area contributed by atoms with E-state index in [4.69, 9.17) is 14.2 Å². The van der Waals surface area contributed by atoms with Crippen LogP contribution < -0.4 is 9.47 Å². The number of aryl methyl sites for hydroxylation is 1. The molecule has 1 heterocycles. The number of carbonyl (C=O) groups excluding carboxylic acids is 1. The molecule has 166 valence electrons. The summed E-state index contributed by atoms with van der Waals surface area (Å²) < 4.78 is 18.3. The summed E-state index contributed by atoms with van der Waals surface area (Å²) in [4.78, 5) is 12.6. The Morgan fingerprint density at radius 1 is 1.27 bits per heavy atom. The molecule has 0 aromatic heterocycles. The summed E-state index contributed by atoms with van der Waals surface area (Å²) in [6, 6.07) is 4.13. The third-order valence-corrected chi connectivity index (χ3v) is 6.63. The largest absolute Gasteiger partial charge is 0.518 e. The summed E-state index contributed by atoms with van der Waals surface area (Å²) in [5, 5.41) is 0. The highest BCUT2D eigenvalue weighted by atomic mass is 16.7. The number of hydrogen-bond donors (Lipinski definition) is 0. The van der Waals surface area contributed by atoms with E-state index in [0.717, 1.165) is 49.1 Å². The Balaban J connectivity index is 1.98. The molecule has 0 amide bonds. The number of ether oxygens (including phenoxy) is 3. The molecule has 5 nitrogen and oxygen atoms in total. The van der Waals surface area contributed by atoms with Crippen molar-refractivity contribution in [1.82, 2.24) is 0 Å². The van der Waals surface area contributed by atoms with Gasteiger partial charge in [0.05, 0.1) is 20.6 Å². The molecule has 0 bridgehead atoms. The summed E-state index contributed by atoms with van der Waals surface area (Å²) in [5.74, 6) is 1.95. The molecule has 0 spiro atoms. The molecule has 1 aliphatic heterocycles. The normalized spacial score (nSPS) is 22.3. The van der Waals surface area contributed by atoms with Gasteiger partial charge < -0.3 is 14.2 Å². The molecule has 0 saturated carbocycles. The molecule has 0 saturated heterocycles. The van der Waals surface area contributed by atoms with Crippen LogP contribution in [0.4, 0.5) is 4.79 Å². The molecule has 1 aliphatic carbocycles. The first-order valence-corrected chi connectivity index (χ1v) is 11.3. The minimum atomic E-state index is -0.650. The minimum absolute atomic E-state index is 0.179. The van der Waals surface area contributed by atoms with Crippen LogP contribution in [0.1, 0.15) is 70.9 Å². The number of allylic oxidation sites excluding steroid dienone is 2. The van der Waals surface area contributed by atoms with Gasteiger partial charge in [-0.1, -0.05) is 25.0 Å². The molecule has 5 heteroatoms. The SMILES string of the molecule is CCCc1cc(OC(=O)OC[N+](C)(C)CC)c2c(c1)OC(C)(C)C1CCC(C)=CC21. The molecule has 2 unspecified atom stereocenters. The van der Waals surface area contributed by atoms with Crippen molar-refractivity contribution < 1.29 is 23.5 Å². The third-order valence-electron chi connectivity index (χ3n) is 6.63. The van der Waals surface area contributed by atoms with Gasteiger partial charge in [-0.25, -0.2) is 4.79 Å². The zero-order chi connectivity index (χ0) is 22.1. The van der Waals surface area contributed by atoms with Crippen LogP contribution in [0.5, 0.6) is 11.5 Å². The number of benzene rings is 1. The Kier molecular flexibility index (Phi) is 6.51. The van der Waals surface area contributed by atoms with E-state index in [2.05, 4.69) is 46.8 Å². The average Bonchev–Trinajstić information content (AvgIpc) is 2.65. The lowest BCUT2D eigenvalue weighted by atomic mass is 9.68. The van der Waals surface area contributed by atoms with E-state index in [1.807, 2.05) is 20.2 Å². The lowest BCUT2D eigenvalue weighted by Crippen LogP contribution is -2.45. The number of nitrogens with zero attached hydrogens (tertiary/aromatic N) is 1. The zero-order valence-corrected chi connectivity index (χ0v) is 19.7. The maximum Gasteiger partial charge on any atom is 0.518 e. The highest BCUT2D eigenvalue weighted by Gasteiger charge is 2.45. The Morgan fingerprint density at radius 2 is 2.00 bits per heavy atom.